The van der Waals surface area contributed by atoms with E-state index in [1.807, 2.05) is 17.5 Å². The molecule has 0 atom stereocenters. The van der Waals surface area contributed by atoms with Crippen LogP contribution in [-0.4, -0.2) is 22.6 Å². The molecule has 6 aromatic rings. The average molecular weight is 504 g/mol. The number of imidazole rings is 1. The van der Waals surface area contributed by atoms with Crippen molar-refractivity contribution in [2.75, 3.05) is 0 Å². The average Bonchev–Trinajstić information content (AvgIpc) is 3.38. The zero-order chi connectivity index (χ0) is 24.8. The molecule has 3 nitrogen and oxygen atoms in total. The summed E-state index contributed by atoms with van der Waals surface area (Å²) in [7, 11) is -1.60. The molecule has 0 spiro atoms. The molecular weight excluding hydrogens is 475 g/mol. The second-order valence-corrected chi connectivity index (χ2v) is 17.3. The number of aromatic nitrogens is 3. The fraction of sp³-hybridized carbons (Fsp3) is 0.226. The number of nitrogens with zero attached hydrogens (tertiary/aromatic N) is 3. The molecule has 178 valence electrons. The first-order chi connectivity index (χ1) is 17.3. The van der Waals surface area contributed by atoms with Gasteiger partial charge < -0.3 is 0 Å². The number of rotatable bonds is 2. The van der Waals surface area contributed by atoms with Gasteiger partial charge in [0.2, 0.25) is 0 Å². The van der Waals surface area contributed by atoms with Gasteiger partial charge in [-0.15, -0.1) is 11.3 Å². The predicted octanol–water partition coefficient (Wildman–Crippen LogP) is 7.72. The van der Waals surface area contributed by atoms with E-state index in [-0.39, 0.29) is 0 Å². The molecule has 0 saturated carbocycles. The molecule has 36 heavy (non-hydrogen) atoms. The summed E-state index contributed by atoms with van der Waals surface area (Å²) in [4.78, 5) is 11.4. The van der Waals surface area contributed by atoms with E-state index in [1.54, 1.807) is 0 Å². The molecule has 0 fully saturated rings. The van der Waals surface area contributed by atoms with Gasteiger partial charge in [-0.1, -0.05) is 66.8 Å². The van der Waals surface area contributed by atoms with E-state index in [2.05, 4.69) is 92.7 Å². The number of fused-ring (bicyclic) bond motifs is 8. The molecule has 0 unspecified atom stereocenters. The highest BCUT2D eigenvalue weighted by molar-refractivity contribution is 7.26. The first-order valence-electron chi connectivity index (χ1n) is 12.7. The largest absolute Gasteiger partial charge is 0.287 e. The zero-order valence-corrected chi connectivity index (χ0v) is 23.3. The van der Waals surface area contributed by atoms with Crippen molar-refractivity contribution in [2.24, 2.45) is 0 Å². The third-order valence-electron chi connectivity index (χ3n) is 7.59. The summed E-state index contributed by atoms with van der Waals surface area (Å²) in [5, 5.41) is 5.49. The van der Waals surface area contributed by atoms with Gasteiger partial charge in [-0.25, -0.2) is 4.98 Å². The number of para-hydroxylation sites is 1. The number of pyridine rings is 1. The van der Waals surface area contributed by atoms with Crippen LogP contribution in [0.25, 0.3) is 48.2 Å². The second-order valence-electron chi connectivity index (χ2n) is 11.2. The van der Waals surface area contributed by atoms with E-state index in [0.29, 0.717) is 0 Å². The van der Waals surface area contributed by atoms with Gasteiger partial charge in [-0.05, 0) is 60.4 Å². The summed E-state index contributed by atoms with van der Waals surface area (Å²) < 4.78 is 3.63. The first kappa shape index (κ1) is 22.0. The van der Waals surface area contributed by atoms with Gasteiger partial charge in [-0.3, -0.25) is 9.55 Å². The van der Waals surface area contributed by atoms with Gasteiger partial charge in [0, 0.05) is 23.6 Å². The van der Waals surface area contributed by atoms with Crippen LogP contribution in [0.4, 0.5) is 0 Å². The van der Waals surface area contributed by atoms with Crippen molar-refractivity contribution in [1.82, 2.24) is 14.5 Å². The lowest BCUT2D eigenvalue weighted by molar-refractivity contribution is 0.791. The van der Waals surface area contributed by atoms with E-state index in [4.69, 9.17) is 9.97 Å². The Morgan fingerprint density at radius 2 is 1.78 bits per heavy atom. The Balaban J connectivity index is 1.53. The molecule has 0 aliphatic carbocycles. The molecule has 0 radical (unpaired) electrons. The normalized spacial score (nSPS) is 13.5. The fourth-order valence-electron chi connectivity index (χ4n) is 6.01. The van der Waals surface area contributed by atoms with E-state index in [0.717, 1.165) is 24.1 Å². The Morgan fingerprint density at radius 1 is 0.944 bits per heavy atom. The number of hydrogen-bond acceptors (Lipinski definition) is 3. The maximum Gasteiger partial charge on any atom is 0.128 e. The molecule has 0 amide bonds. The third-order valence-corrected chi connectivity index (χ3v) is 10.8. The van der Waals surface area contributed by atoms with Crippen LogP contribution in [-0.2, 0) is 12.8 Å². The SMILES string of the molecule is Cc1cc(C)c2c([Si](C)(C)C)cc(-c3nccc4c3sc3c4nc4n3-c3ccccc3CC4)cc2c1. The molecule has 0 N–H and O–H groups in total. The molecular formula is C31H29N3SSi. The summed E-state index contributed by atoms with van der Waals surface area (Å²) in [6.45, 7) is 11.8. The maximum atomic E-state index is 5.16. The van der Waals surface area contributed by atoms with E-state index < -0.39 is 8.07 Å². The lowest BCUT2D eigenvalue weighted by Crippen LogP contribution is -2.38. The van der Waals surface area contributed by atoms with E-state index >= 15 is 0 Å². The third kappa shape index (κ3) is 3.16. The number of hydrogen-bond donors (Lipinski definition) is 0. The minimum absolute atomic E-state index is 0.987. The van der Waals surface area contributed by atoms with Crippen LogP contribution < -0.4 is 5.19 Å². The van der Waals surface area contributed by atoms with E-state index in [1.165, 1.54) is 64.6 Å². The Bertz CT molecular complexity index is 1850. The number of benzene rings is 3. The Kier molecular flexibility index (Phi) is 4.64. The van der Waals surface area contributed by atoms with Crippen molar-refractivity contribution in [2.45, 2.75) is 46.3 Å². The van der Waals surface area contributed by atoms with Crippen molar-refractivity contribution < 1.29 is 0 Å². The summed E-state index contributed by atoms with van der Waals surface area (Å²) >= 11 is 1.84. The minimum atomic E-state index is -1.60. The molecule has 0 bridgehead atoms. The van der Waals surface area contributed by atoms with Crippen LogP contribution in [0.1, 0.15) is 22.5 Å². The smallest absolute Gasteiger partial charge is 0.128 e. The summed E-state index contributed by atoms with van der Waals surface area (Å²) in [6, 6.07) is 20.4. The molecule has 1 aliphatic heterocycles. The molecule has 0 saturated heterocycles. The van der Waals surface area contributed by atoms with Crippen LogP contribution in [0.5, 0.6) is 0 Å². The predicted molar refractivity (Wildman–Crippen MR) is 157 cm³/mol. The Hall–Kier alpha value is -3.28. The topological polar surface area (TPSA) is 30.7 Å². The molecule has 4 heterocycles. The number of aryl methyl sites for hydroxylation is 4. The standard InChI is InChI=1S/C31H29N3SSi/c1-18-14-19(2)27-21(15-18)16-22(17-25(27)36(3,4)5)28-30-23(12-13-32-28)29-31(35-30)34-24-9-7-6-8-20(24)10-11-26(34)33-29/h6-9,12-17H,10-11H2,1-5H3. The maximum absolute atomic E-state index is 5.16. The highest BCUT2D eigenvalue weighted by Gasteiger charge is 2.26. The fourth-order valence-corrected chi connectivity index (χ4v) is 8.97. The zero-order valence-electron chi connectivity index (χ0n) is 21.4. The lowest BCUT2D eigenvalue weighted by atomic mass is 9.98. The van der Waals surface area contributed by atoms with Gasteiger partial charge in [0.05, 0.1) is 24.2 Å². The van der Waals surface area contributed by atoms with Crippen molar-refractivity contribution in [3.63, 3.8) is 0 Å². The lowest BCUT2D eigenvalue weighted by Gasteiger charge is -2.22. The van der Waals surface area contributed by atoms with Crippen LogP contribution in [0.15, 0.2) is 60.8 Å². The molecule has 5 heteroatoms. The minimum Gasteiger partial charge on any atom is -0.287 e. The first-order valence-corrected chi connectivity index (χ1v) is 17.0. The van der Waals surface area contributed by atoms with Crippen LogP contribution >= 0.6 is 11.3 Å². The number of thiophene rings is 1. The van der Waals surface area contributed by atoms with Crippen molar-refractivity contribution in [3.05, 3.63) is 83.3 Å². The van der Waals surface area contributed by atoms with Gasteiger partial charge in [0.15, 0.2) is 0 Å². The Labute approximate surface area is 216 Å². The van der Waals surface area contributed by atoms with Gasteiger partial charge in [0.25, 0.3) is 0 Å². The molecule has 3 aromatic carbocycles. The van der Waals surface area contributed by atoms with E-state index in [9.17, 15) is 0 Å². The molecule has 7 rings (SSSR count). The monoisotopic (exact) mass is 503 g/mol. The van der Waals surface area contributed by atoms with Crippen molar-refractivity contribution in [3.8, 4) is 16.9 Å². The van der Waals surface area contributed by atoms with Crippen LogP contribution in [0.2, 0.25) is 19.6 Å². The van der Waals surface area contributed by atoms with Crippen molar-refractivity contribution >= 4 is 55.8 Å². The Morgan fingerprint density at radius 3 is 2.61 bits per heavy atom. The summed E-state index contributed by atoms with van der Waals surface area (Å²) in [6.07, 6.45) is 4.01. The van der Waals surface area contributed by atoms with Crippen LogP contribution in [0, 0.1) is 13.8 Å². The van der Waals surface area contributed by atoms with Crippen molar-refractivity contribution in [1.29, 1.82) is 0 Å². The second kappa shape index (κ2) is 7.61. The van der Waals surface area contributed by atoms with Gasteiger partial charge >= 0.3 is 0 Å². The highest BCUT2D eigenvalue weighted by Crippen LogP contribution is 2.42. The molecule has 1 aliphatic rings. The van der Waals surface area contributed by atoms with Gasteiger partial charge in [-0.2, -0.15) is 0 Å². The highest BCUT2D eigenvalue weighted by atomic mass is 32.1. The summed E-state index contributed by atoms with van der Waals surface area (Å²) in [5.41, 5.74) is 8.78. The molecule has 3 aromatic heterocycles. The summed E-state index contributed by atoms with van der Waals surface area (Å²) in [5.74, 6) is 1.17. The van der Waals surface area contributed by atoms with Crippen LogP contribution in [0.3, 0.4) is 0 Å². The quantitative estimate of drug-likeness (QED) is 0.227. The van der Waals surface area contributed by atoms with Gasteiger partial charge in [0.1, 0.15) is 16.2 Å².